The largest absolute Gasteiger partial charge is 0.326 e. The molecule has 0 radical (unpaired) electrons. The summed E-state index contributed by atoms with van der Waals surface area (Å²) < 4.78 is 0. The van der Waals surface area contributed by atoms with Crippen molar-refractivity contribution in [1.82, 2.24) is 4.98 Å². The SMILES string of the molecule is O=C(CC1Sc2ccc(Cl)cc2NC1=O)Nc1ccc2ncccc2c1. The Balaban J connectivity index is 1.45. The van der Waals surface area contributed by atoms with Gasteiger partial charge >= 0.3 is 0 Å². The van der Waals surface area contributed by atoms with E-state index in [1.54, 1.807) is 24.4 Å². The second kappa shape index (κ2) is 6.97. The van der Waals surface area contributed by atoms with Crippen LogP contribution in [0.15, 0.2) is 59.6 Å². The molecular formula is C19H14ClN3O2S. The molecule has 2 N–H and O–H groups in total. The van der Waals surface area contributed by atoms with E-state index in [0.29, 0.717) is 16.4 Å². The topological polar surface area (TPSA) is 71.1 Å². The lowest BCUT2D eigenvalue weighted by Gasteiger charge is -2.23. The van der Waals surface area contributed by atoms with Gasteiger partial charge in [-0.25, -0.2) is 0 Å². The number of fused-ring (bicyclic) bond motifs is 2. The van der Waals surface area contributed by atoms with Gasteiger partial charge in [-0.05, 0) is 42.5 Å². The van der Waals surface area contributed by atoms with E-state index in [2.05, 4.69) is 15.6 Å². The Hall–Kier alpha value is -2.57. The molecule has 130 valence electrons. The van der Waals surface area contributed by atoms with Crippen molar-refractivity contribution in [2.24, 2.45) is 0 Å². The minimum absolute atomic E-state index is 0.0869. The number of benzene rings is 2. The molecule has 1 unspecified atom stereocenters. The highest BCUT2D eigenvalue weighted by Gasteiger charge is 2.29. The van der Waals surface area contributed by atoms with Gasteiger partial charge in [0.05, 0.1) is 16.5 Å². The van der Waals surface area contributed by atoms with Crippen LogP contribution in [0.3, 0.4) is 0 Å². The summed E-state index contributed by atoms with van der Waals surface area (Å²) in [5, 5.41) is 6.69. The number of hydrogen-bond donors (Lipinski definition) is 2. The molecule has 2 amide bonds. The smallest absolute Gasteiger partial charge is 0.238 e. The maximum Gasteiger partial charge on any atom is 0.238 e. The first-order chi connectivity index (χ1) is 12.6. The van der Waals surface area contributed by atoms with E-state index in [4.69, 9.17) is 11.6 Å². The summed E-state index contributed by atoms with van der Waals surface area (Å²) in [5.74, 6) is -0.402. The van der Waals surface area contributed by atoms with Gasteiger partial charge in [-0.2, -0.15) is 0 Å². The molecule has 1 aromatic heterocycles. The third-order valence-corrected chi connectivity index (χ3v) is 5.53. The Kier molecular flexibility index (Phi) is 4.53. The standard InChI is InChI=1S/C19H14ClN3O2S/c20-12-3-6-16-15(9-12)23-19(25)17(26-16)10-18(24)22-13-4-5-14-11(8-13)2-1-7-21-14/h1-9,17H,10H2,(H,22,24)(H,23,25). The second-order valence-corrected chi connectivity index (χ2v) is 7.58. The van der Waals surface area contributed by atoms with Crippen molar-refractivity contribution in [2.75, 3.05) is 10.6 Å². The quantitative estimate of drug-likeness (QED) is 0.706. The molecule has 1 atom stereocenters. The van der Waals surface area contributed by atoms with Gasteiger partial charge in [0.1, 0.15) is 0 Å². The number of aromatic nitrogens is 1. The van der Waals surface area contributed by atoms with Crippen LogP contribution in [0.5, 0.6) is 0 Å². The van der Waals surface area contributed by atoms with Crippen molar-refractivity contribution in [3.63, 3.8) is 0 Å². The molecule has 7 heteroatoms. The highest BCUT2D eigenvalue weighted by Crippen LogP contribution is 2.38. The lowest BCUT2D eigenvalue weighted by Crippen LogP contribution is -2.32. The maximum absolute atomic E-state index is 12.4. The highest BCUT2D eigenvalue weighted by atomic mass is 35.5. The minimum Gasteiger partial charge on any atom is -0.326 e. The average molecular weight is 384 g/mol. The normalized spacial score (nSPS) is 16.0. The molecule has 0 spiro atoms. The first kappa shape index (κ1) is 16.9. The fraction of sp³-hybridized carbons (Fsp3) is 0.105. The Morgan fingerprint density at radius 1 is 1.23 bits per heavy atom. The predicted octanol–water partition coefficient (Wildman–Crippen LogP) is 4.33. The van der Waals surface area contributed by atoms with Crippen molar-refractivity contribution in [3.8, 4) is 0 Å². The van der Waals surface area contributed by atoms with Crippen LogP contribution >= 0.6 is 23.4 Å². The number of nitrogens with zero attached hydrogens (tertiary/aromatic N) is 1. The first-order valence-corrected chi connectivity index (χ1v) is 9.26. The van der Waals surface area contributed by atoms with Gasteiger partial charge in [-0.3, -0.25) is 14.6 Å². The maximum atomic E-state index is 12.4. The van der Waals surface area contributed by atoms with Crippen molar-refractivity contribution < 1.29 is 9.59 Å². The van der Waals surface area contributed by atoms with Gasteiger partial charge in [-0.1, -0.05) is 17.7 Å². The minimum atomic E-state index is -0.481. The van der Waals surface area contributed by atoms with E-state index >= 15 is 0 Å². The van der Waals surface area contributed by atoms with E-state index in [-0.39, 0.29) is 18.2 Å². The number of carbonyl (C=O) groups excluding carboxylic acids is 2. The van der Waals surface area contributed by atoms with E-state index in [0.717, 1.165) is 15.8 Å². The number of halogens is 1. The molecular weight excluding hydrogens is 370 g/mol. The molecule has 3 aromatic rings. The van der Waals surface area contributed by atoms with Crippen molar-refractivity contribution >= 4 is 57.5 Å². The van der Waals surface area contributed by atoms with Crippen LogP contribution in [0, 0.1) is 0 Å². The average Bonchev–Trinajstić information content (AvgIpc) is 2.62. The molecule has 0 aliphatic carbocycles. The third kappa shape index (κ3) is 3.52. The molecule has 26 heavy (non-hydrogen) atoms. The number of amides is 2. The highest BCUT2D eigenvalue weighted by molar-refractivity contribution is 8.01. The Labute approximate surface area is 159 Å². The molecule has 1 aliphatic heterocycles. The number of carbonyl (C=O) groups is 2. The fourth-order valence-corrected chi connectivity index (χ4v) is 4.05. The van der Waals surface area contributed by atoms with E-state index in [1.165, 1.54) is 11.8 Å². The van der Waals surface area contributed by atoms with Gasteiger partial charge in [0.2, 0.25) is 11.8 Å². The lowest BCUT2D eigenvalue weighted by atomic mass is 10.2. The molecule has 0 saturated heterocycles. The van der Waals surface area contributed by atoms with E-state index in [1.807, 2.05) is 30.3 Å². The summed E-state index contributed by atoms with van der Waals surface area (Å²) in [4.78, 5) is 29.8. The number of rotatable bonds is 3. The van der Waals surface area contributed by atoms with Gasteiger partial charge in [0.25, 0.3) is 0 Å². The Bertz CT molecular complexity index is 1020. The summed E-state index contributed by atoms with van der Waals surface area (Å²) in [7, 11) is 0. The molecule has 1 aliphatic rings. The van der Waals surface area contributed by atoms with Crippen LogP contribution in [0.25, 0.3) is 10.9 Å². The predicted molar refractivity (Wildman–Crippen MR) is 105 cm³/mol. The third-order valence-electron chi connectivity index (χ3n) is 4.02. The number of anilines is 2. The molecule has 0 fully saturated rings. The summed E-state index contributed by atoms with van der Waals surface area (Å²) >= 11 is 7.32. The zero-order valence-corrected chi connectivity index (χ0v) is 15.1. The van der Waals surface area contributed by atoms with Crippen molar-refractivity contribution in [3.05, 3.63) is 59.8 Å². The van der Waals surface area contributed by atoms with Gasteiger partial charge in [0, 0.05) is 33.6 Å². The van der Waals surface area contributed by atoms with Crippen LogP contribution in [-0.4, -0.2) is 22.0 Å². The van der Waals surface area contributed by atoms with Gasteiger partial charge in [-0.15, -0.1) is 11.8 Å². The van der Waals surface area contributed by atoms with Gasteiger partial charge < -0.3 is 10.6 Å². The molecule has 0 bridgehead atoms. The number of thioether (sulfide) groups is 1. The number of nitrogens with one attached hydrogen (secondary N) is 2. The zero-order valence-electron chi connectivity index (χ0n) is 13.5. The first-order valence-electron chi connectivity index (χ1n) is 8.00. The summed E-state index contributed by atoms with van der Waals surface area (Å²) in [6, 6.07) is 14.6. The summed E-state index contributed by atoms with van der Waals surface area (Å²) in [5.41, 5.74) is 2.23. The lowest BCUT2D eigenvalue weighted by molar-refractivity contribution is -0.120. The van der Waals surface area contributed by atoms with Crippen LogP contribution in [0.1, 0.15) is 6.42 Å². The fourth-order valence-electron chi connectivity index (χ4n) is 2.79. The van der Waals surface area contributed by atoms with Crippen LogP contribution in [0.2, 0.25) is 5.02 Å². The monoisotopic (exact) mass is 383 g/mol. The molecule has 2 heterocycles. The van der Waals surface area contributed by atoms with E-state index < -0.39 is 5.25 Å². The van der Waals surface area contributed by atoms with E-state index in [9.17, 15) is 9.59 Å². The Morgan fingerprint density at radius 3 is 3.00 bits per heavy atom. The van der Waals surface area contributed by atoms with Crippen molar-refractivity contribution in [2.45, 2.75) is 16.6 Å². The molecule has 2 aromatic carbocycles. The number of hydrogen-bond acceptors (Lipinski definition) is 4. The van der Waals surface area contributed by atoms with Crippen LogP contribution in [-0.2, 0) is 9.59 Å². The molecule has 5 nitrogen and oxygen atoms in total. The van der Waals surface area contributed by atoms with Crippen molar-refractivity contribution in [1.29, 1.82) is 0 Å². The van der Waals surface area contributed by atoms with Crippen LogP contribution in [0.4, 0.5) is 11.4 Å². The zero-order chi connectivity index (χ0) is 18.1. The summed E-state index contributed by atoms with van der Waals surface area (Å²) in [6.07, 6.45) is 1.81. The van der Waals surface area contributed by atoms with Gasteiger partial charge in [0.15, 0.2) is 0 Å². The molecule has 4 rings (SSSR count). The summed E-state index contributed by atoms with van der Waals surface area (Å²) in [6.45, 7) is 0. The molecule has 0 saturated carbocycles. The number of pyridine rings is 1. The second-order valence-electron chi connectivity index (χ2n) is 5.90. The Morgan fingerprint density at radius 2 is 2.12 bits per heavy atom. The van der Waals surface area contributed by atoms with Crippen LogP contribution < -0.4 is 10.6 Å².